The van der Waals surface area contributed by atoms with E-state index < -0.39 is 0 Å². The molecule has 0 aliphatic heterocycles. The summed E-state index contributed by atoms with van der Waals surface area (Å²) < 4.78 is 1.89. The van der Waals surface area contributed by atoms with Gasteiger partial charge in [0.05, 0.1) is 5.56 Å². The molecule has 0 aliphatic carbocycles. The lowest BCUT2D eigenvalue weighted by Crippen LogP contribution is -2.43. The van der Waals surface area contributed by atoms with Crippen LogP contribution in [0.3, 0.4) is 0 Å². The normalized spacial score (nSPS) is 11.3. The zero-order valence-corrected chi connectivity index (χ0v) is 13.3. The molecule has 0 unspecified atom stereocenters. The van der Waals surface area contributed by atoms with Crippen molar-refractivity contribution >= 4 is 44.4 Å². The molecule has 16 heavy (non-hydrogen) atoms. The molecule has 1 rings (SSSR count). The van der Waals surface area contributed by atoms with Gasteiger partial charge in [0.1, 0.15) is 0 Å². The van der Waals surface area contributed by atoms with Crippen LogP contribution in [0.15, 0.2) is 22.7 Å². The minimum atomic E-state index is -0.164. The van der Waals surface area contributed by atoms with Crippen LogP contribution in [-0.4, -0.2) is 11.4 Å². The highest BCUT2D eigenvalue weighted by Crippen LogP contribution is 2.19. The van der Waals surface area contributed by atoms with Gasteiger partial charge < -0.3 is 5.32 Å². The minimum Gasteiger partial charge on any atom is -0.347 e. The number of amides is 1. The summed E-state index contributed by atoms with van der Waals surface area (Å²) in [6.45, 7) is 6.11. The maximum Gasteiger partial charge on any atom is 0.252 e. The Hall–Kier alpha value is -0.100. The van der Waals surface area contributed by atoms with Gasteiger partial charge in [0, 0.05) is 13.6 Å². The molecule has 0 aromatic heterocycles. The van der Waals surface area contributed by atoms with Crippen molar-refractivity contribution in [2.24, 2.45) is 0 Å². The number of halogens is 2. The van der Waals surface area contributed by atoms with E-state index in [1.54, 1.807) is 0 Å². The Morgan fingerprint density at radius 2 is 2.12 bits per heavy atom. The van der Waals surface area contributed by atoms with Crippen LogP contribution in [0.1, 0.15) is 37.6 Å². The summed E-state index contributed by atoms with van der Waals surface area (Å²) in [5.74, 6) is -0.0162. The van der Waals surface area contributed by atoms with Gasteiger partial charge in [-0.25, -0.2) is 0 Å². The van der Waals surface area contributed by atoms with Crippen LogP contribution < -0.4 is 5.32 Å². The number of rotatable bonds is 3. The Morgan fingerprint density at radius 3 is 2.69 bits per heavy atom. The Bertz CT molecular complexity index is 404. The van der Waals surface area contributed by atoms with Gasteiger partial charge in [0.2, 0.25) is 0 Å². The molecule has 0 bridgehead atoms. The fourth-order valence-corrected chi connectivity index (χ4v) is 2.08. The van der Waals surface area contributed by atoms with E-state index >= 15 is 0 Å². The van der Waals surface area contributed by atoms with Crippen LogP contribution in [0.4, 0.5) is 0 Å². The molecule has 1 aromatic rings. The smallest absolute Gasteiger partial charge is 0.252 e. The van der Waals surface area contributed by atoms with Crippen molar-refractivity contribution in [2.45, 2.75) is 32.7 Å². The predicted molar refractivity (Wildman–Crippen MR) is 78.7 cm³/mol. The Kier molecular flexibility index (Phi) is 4.79. The first-order valence-corrected chi connectivity index (χ1v) is 7.00. The van der Waals surface area contributed by atoms with Crippen molar-refractivity contribution in [3.05, 3.63) is 31.8 Å². The Balaban J connectivity index is 2.93. The second-order valence-electron chi connectivity index (χ2n) is 4.32. The Labute approximate surface area is 118 Å². The molecule has 1 amide bonds. The van der Waals surface area contributed by atoms with Gasteiger partial charge >= 0.3 is 0 Å². The minimum absolute atomic E-state index is 0.0162. The van der Waals surface area contributed by atoms with Gasteiger partial charge in [-0.05, 0) is 61.1 Å². The molecule has 1 N–H and O–H groups in total. The Morgan fingerprint density at radius 1 is 1.50 bits per heavy atom. The quantitative estimate of drug-likeness (QED) is 0.770. The maximum absolute atomic E-state index is 12.1. The highest BCUT2D eigenvalue weighted by atomic mass is 127. The summed E-state index contributed by atoms with van der Waals surface area (Å²) in [5.41, 5.74) is 0.555. The van der Waals surface area contributed by atoms with Crippen LogP contribution in [0, 0.1) is 3.57 Å². The average Bonchev–Trinajstić information content (AvgIpc) is 2.21. The summed E-state index contributed by atoms with van der Waals surface area (Å²) in [4.78, 5) is 12.1. The van der Waals surface area contributed by atoms with Gasteiger partial charge in [0.25, 0.3) is 5.91 Å². The molecule has 0 fully saturated rings. The third-order valence-electron chi connectivity index (χ3n) is 2.51. The van der Waals surface area contributed by atoms with Gasteiger partial charge in [-0.1, -0.05) is 22.9 Å². The van der Waals surface area contributed by atoms with Gasteiger partial charge in [0.15, 0.2) is 0 Å². The van der Waals surface area contributed by atoms with E-state index in [0.717, 1.165) is 20.0 Å². The largest absolute Gasteiger partial charge is 0.347 e. The topological polar surface area (TPSA) is 29.1 Å². The maximum atomic E-state index is 12.1. The summed E-state index contributed by atoms with van der Waals surface area (Å²) in [5, 5.41) is 3.03. The molecule has 0 spiro atoms. The number of carbonyl (C=O) groups is 1. The lowest BCUT2D eigenvalue weighted by atomic mass is 10.0. The SMILES string of the molecule is CCC(C)(C)NC(=O)c1cc(Br)ccc1I. The number of nitrogens with one attached hydrogen (secondary N) is 1. The molecule has 0 heterocycles. The molecule has 0 atom stereocenters. The van der Waals surface area contributed by atoms with E-state index in [1.165, 1.54) is 0 Å². The third-order valence-corrected chi connectivity index (χ3v) is 3.94. The van der Waals surface area contributed by atoms with Gasteiger partial charge in [-0.15, -0.1) is 0 Å². The second-order valence-corrected chi connectivity index (χ2v) is 6.39. The van der Waals surface area contributed by atoms with E-state index in [4.69, 9.17) is 0 Å². The number of hydrogen-bond acceptors (Lipinski definition) is 1. The number of hydrogen-bond donors (Lipinski definition) is 1. The van der Waals surface area contributed by atoms with Crippen molar-refractivity contribution in [1.82, 2.24) is 5.32 Å². The number of benzene rings is 1. The standard InChI is InChI=1S/C12H15BrINO/c1-4-12(2,3)15-11(16)9-7-8(13)5-6-10(9)14/h5-7H,4H2,1-3H3,(H,15,16). The van der Waals surface area contributed by atoms with E-state index in [-0.39, 0.29) is 11.4 Å². The first kappa shape index (κ1) is 14.0. The van der Waals surface area contributed by atoms with E-state index in [2.05, 4.69) is 50.8 Å². The summed E-state index contributed by atoms with van der Waals surface area (Å²) in [7, 11) is 0. The molecule has 0 radical (unpaired) electrons. The predicted octanol–water partition coefficient (Wildman–Crippen LogP) is 3.97. The van der Waals surface area contributed by atoms with Crippen molar-refractivity contribution in [2.75, 3.05) is 0 Å². The van der Waals surface area contributed by atoms with Crippen LogP contribution in [-0.2, 0) is 0 Å². The molecule has 0 saturated heterocycles. The molecule has 1 aromatic carbocycles. The van der Waals surface area contributed by atoms with Gasteiger partial charge in [-0.2, -0.15) is 0 Å². The lowest BCUT2D eigenvalue weighted by Gasteiger charge is -2.24. The monoisotopic (exact) mass is 395 g/mol. The molecular formula is C12H15BrINO. The average molecular weight is 396 g/mol. The first-order chi connectivity index (χ1) is 7.35. The fraction of sp³-hybridized carbons (Fsp3) is 0.417. The van der Waals surface area contributed by atoms with E-state index in [9.17, 15) is 4.79 Å². The molecular weight excluding hydrogens is 381 g/mol. The van der Waals surface area contributed by atoms with E-state index in [0.29, 0.717) is 0 Å². The van der Waals surface area contributed by atoms with Crippen molar-refractivity contribution in [3.8, 4) is 0 Å². The van der Waals surface area contributed by atoms with Crippen molar-refractivity contribution in [1.29, 1.82) is 0 Å². The highest BCUT2D eigenvalue weighted by Gasteiger charge is 2.20. The zero-order chi connectivity index (χ0) is 12.3. The lowest BCUT2D eigenvalue weighted by molar-refractivity contribution is 0.0910. The highest BCUT2D eigenvalue weighted by molar-refractivity contribution is 14.1. The summed E-state index contributed by atoms with van der Waals surface area (Å²) in [6, 6.07) is 5.71. The van der Waals surface area contributed by atoms with Gasteiger partial charge in [-0.3, -0.25) is 4.79 Å². The second kappa shape index (κ2) is 5.49. The molecule has 88 valence electrons. The first-order valence-electron chi connectivity index (χ1n) is 5.13. The zero-order valence-electron chi connectivity index (χ0n) is 9.60. The van der Waals surface area contributed by atoms with Crippen molar-refractivity contribution in [3.63, 3.8) is 0 Å². The van der Waals surface area contributed by atoms with Crippen molar-refractivity contribution < 1.29 is 4.79 Å². The fourth-order valence-electron chi connectivity index (χ4n) is 1.13. The van der Waals surface area contributed by atoms with Crippen LogP contribution >= 0.6 is 38.5 Å². The molecule has 0 saturated carbocycles. The third kappa shape index (κ3) is 3.73. The van der Waals surface area contributed by atoms with Crippen LogP contribution in [0.2, 0.25) is 0 Å². The molecule has 0 aliphatic rings. The summed E-state index contributed by atoms with van der Waals surface area (Å²) >= 11 is 5.55. The van der Waals surface area contributed by atoms with Crippen LogP contribution in [0.5, 0.6) is 0 Å². The van der Waals surface area contributed by atoms with Crippen LogP contribution in [0.25, 0.3) is 0 Å². The van der Waals surface area contributed by atoms with E-state index in [1.807, 2.05) is 32.0 Å². The molecule has 2 nitrogen and oxygen atoms in total. The summed E-state index contributed by atoms with van der Waals surface area (Å²) in [6.07, 6.45) is 0.906. The molecule has 4 heteroatoms. The number of carbonyl (C=O) groups excluding carboxylic acids is 1.